The fourth-order valence-electron chi connectivity index (χ4n) is 2.14. The van der Waals surface area contributed by atoms with E-state index in [1.54, 1.807) is 0 Å². The van der Waals surface area contributed by atoms with Gasteiger partial charge in [-0.05, 0) is 18.4 Å². The van der Waals surface area contributed by atoms with Gasteiger partial charge in [-0.15, -0.1) is 0 Å². The molecule has 1 atom stereocenters. The fraction of sp³-hybridized carbons (Fsp3) is 0.562. The normalized spacial score (nSPS) is 11.8. The Bertz CT molecular complexity index is 517. The van der Waals surface area contributed by atoms with E-state index in [2.05, 4.69) is 19.2 Å². The van der Waals surface area contributed by atoms with Gasteiger partial charge in [0.25, 0.3) is 5.69 Å². The number of hydrogen-bond donors (Lipinski definition) is 1. The van der Waals surface area contributed by atoms with Crippen molar-refractivity contribution in [2.75, 3.05) is 11.9 Å². The molecular formula is C16H24N2O4. The second-order valence-electron chi connectivity index (χ2n) is 5.35. The predicted octanol–water partition coefficient (Wildman–Crippen LogP) is 4.15. The smallest absolute Gasteiger partial charge is 0.273 e. The molecule has 0 aromatic heterocycles. The molecule has 0 fully saturated rings. The van der Waals surface area contributed by atoms with E-state index in [9.17, 15) is 14.9 Å². The molecule has 0 aliphatic carbocycles. The maximum absolute atomic E-state index is 11.2. The summed E-state index contributed by atoms with van der Waals surface area (Å²) in [4.78, 5) is 21.6. The molecule has 1 unspecified atom stereocenters. The molecule has 0 aliphatic heterocycles. The standard InChI is InChI=1S/C16H24N2O4/c1-4-6-7-13(5-2)11-22-16-10-14(18(20)21)8-9-15(16)17-12(3)19/h8-10,13H,4-7,11H2,1-3H3,(H,17,19). The van der Waals surface area contributed by atoms with Crippen molar-refractivity contribution >= 4 is 17.3 Å². The Morgan fingerprint density at radius 2 is 2.14 bits per heavy atom. The van der Waals surface area contributed by atoms with Crippen LogP contribution in [0.25, 0.3) is 0 Å². The van der Waals surface area contributed by atoms with Crippen LogP contribution in [0.1, 0.15) is 46.5 Å². The summed E-state index contributed by atoms with van der Waals surface area (Å²) in [6, 6.07) is 4.21. The number of ether oxygens (including phenoxy) is 1. The first-order valence-corrected chi connectivity index (χ1v) is 7.66. The zero-order valence-electron chi connectivity index (χ0n) is 13.4. The molecule has 0 bridgehead atoms. The second-order valence-corrected chi connectivity index (χ2v) is 5.35. The predicted molar refractivity (Wildman–Crippen MR) is 86.2 cm³/mol. The van der Waals surface area contributed by atoms with Gasteiger partial charge < -0.3 is 10.1 Å². The minimum absolute atomic E-state index is 0.0503. The molecule has 1 rings (SSSR count). The Balaban J connectivity index is 2.86. The van der Waals surface area contributed by atoms with Gasteiger partial charge in [-0.25, -0.2) is 0 Å². The SMILES string of the molecule is CCCCC(CC)COc1cc([N+](=O)[O-])ccc1NC(C)=O. The van der Waals surface area contributed by atoms with Gasteiger partial charge in [0, 0.05) is 13.0 Å². The third-order valence-electron chi connectivity index (χ3n) is 3.50. The molecule has 6 heteroatoms. The van der Waals surface area contributed by atoms with Gasteiger partial charge in [0.15, 0.2) is 0 Å². The molecule has 122 valence electrons. The maximum atomic E-state index is 11.2. The van der Waals surface area contributed by atoms with Crippen molar-refractivity contribution in [3.63, 3.8) is 0 Å². The minimum atomic E-state index is -0.473. The number of benzene rings is 1. The van der Waals surface area contributed by atoms with Crippen molar-refractivity contribution in [1.29, 1.82) is 0 Å². The Morgan fingerprint density at radius 1 is 1.41 bits per heavy atom. The van der Waals surface area contributed by atoms with E-state index in [0.29, 0.717) is 24.0 Å². The van der Waals surface area contributed by atoms with Crippen molar-refractivity contribution in [3.8, 4) is 5.75 Å². The van der Waals surface area contributed by atoms with Crippen LogP contribution in [0.3, 0.4) is 0 Å². The summed E-state index contributed by atoms with van der Waals surface area (Å²) in [6.45, 7) is 6.13. The lowest BCUT2D eigenvalue weighted by Gasteiger charge is -2.17. The monoisotopic (exact) mass is 308 g/mol. The van der Waals surface area contributed by atoms with Crippen molar-refractivity contribution in [2.24, 2.45) is 5.92 Å². The van der Waals surface area contributed by atoms with E-state index in [-0.39, 0.29) is 11.6 Å². The summed E-state index contributed by atoms with van der Waals surface area (Å²) < 4.78 is 5.76. The molecule has 0 radical (unpaired) electrons. The molecule has 22 heavy (non-hydrogen) atoms. The van der Waals surface area contributed by atoms with Crippen molar-refractivity contribution in [3.05, 3.63) is 28.3 Å². The lowest BCUT2D eigenvalue weighted by molar-refractivity contribution is -0.384. The molecule has 1 aromatic carbocycles. The lowest BCUT2D eigenvalue weighted by Crippen LogP contribution is -2.13. The highest BCUT2D eigenvalue weighted by Gasteiger charge is 2.14. The number of amides is 1. The summed E-state index contributed by atoms with van der Waals surface area (Å²) in [5, 5.41) is 13.5. The van der Waals surface area contributed by atoms with Crippen LogP contribution in [-0.4, -0.2) is 17.4 Å². The highest BCUT2D eigenvalue weighted by atomic mass is 16.6. The zero-order chi connectivity index (χ0) is 16.5. The Labute approximate surface area is 131 Å². The van der Waals surface area contributed by atoms with Crippen LogP contribution in [0.15, 0.2) is 18.2 Å². The van der Waals surface area contributed by atoms with E-state index in [4.69, 9.17) is 4.74 Å². The highest BCUT2D eigenvalue weighted by Crippen LogP contribution is 2.30. The quantitative estimate of drug-likeness (QED) is 0.549. The first-order chi connectivity index (χ1) is 10.5. The second kappa shape index (κ2) is 9.02. The summed E-state index contributed by atoms with van der Waals surface area (Å²) in [7, 11) is 0. The van der Waals surface area contributed by atoms with Crippen LogP contribution in [0.2, 0.25) is 0 Å². The molecule has 0 saturated heterocycles. The first-order valence-electron chi connectivity index (χ1n) is 7.66. The van der Waals surface area contributed by atoms with Crippen LogP contribution >= 0.6 is 0 Å². The number of hydrogen-bond acceptors (Lipinski definition) is 4. The summed E-state index contributed by atoms with van der Waals surface area (Å²) in [6.07, 6.45) is 4.32. The minimum Gasteiger partial charge on any atom is -0.491 e. The molecule has 1 N–H and O–H groups in total. The van der Waals surface area contributed by atoms with Crippen LogP contribution in [-0.2, 0) is 4.79 Å². The van der Waals surface area contributed by atoms with Crippen molar-refractivity contribution < 1.29 is 14.5 Å². The topological polar surface area (TPSA) is 81.5 Å². The number of nitro groups is 1. The van der Waals surface area contributed by atoms with Gasteiger partial charge in [0.2, 0.25) is 5.91 Å². The number of unbranched alkanes of at least 4 members (excludes halogenated alkanes) is 1. The van der Waals surface area contributed by atoms with Crippen molar-refractivity contribution in [2.45, 2.75) is 46.5 Å². The van der Waals surface area contributed by atoms with E-state index < -0.39 is 4.92 Å². The van der Waals surface area contributed by atoms with Crippen LogP contribution in [0.5, 0.6) is 5.75 Å². The summed E-state index contributed by atoms with van der Waals surface area (Å²) in [5.74, 6) is 0.514. The summed E-state index contributed by atoms with van der Waals surface area (Å²) >= 11 is 0. The number of nitrogens with zero attached hydrogens (tertiary/aromatic N) is 1. The molecule has 0 heterocycles. The molecule has 1 aromatic rings. The average Bonchev–Trinajstić information content (AvgIpc) is 2.48. The number of rotatable bonds is 9. The fourth-order valence-corrected chi connectivity index (χ4v) is 2.14. The van der Waals surface area contributed by atoms with E-state index >= 15 is 0 Å². The average molecular weight is 308 g/mol. The third kappa shape index (κ3) is 5.71. The number of carbonyl (C=O) groups excluding carboxylic acids is 1. The van der Waals surface area contributed by atoms with Gasteiger partial charge in [-0.1, -0.05) is 33.1 Å². The molecule has 0 spiro atoms. The number of nitrogens with one attached hydrogen (secondary N) is 1. The van der Waals surface area contributed by atoms with Gasteiger partial charge in [0.05, 0.1) is 23.3 Å². The molecule has 1 amide bonds. The van der Waals surface area contributed by atoms with Crippen LogP contribution in [0.4, 0.5) is 11.4 Å². The zero-order valence-corrected chi connectivity index (χ0v) is 13.4. The molecular weight excluding hydrogens is 284 g/mol. The largest absolute Gasteiger partial charge is 0.491 e. The Hall–Kier alpha value is -2.11. The van der Waals surface area contributed by atoms with Gasteiger partial charge in [-0.3, -0.25) is 14.9 Å². The third-order valence-corrected chi connectivity index (χ3v) is 3.50. The molecule has 0 aliphatic rings. The van der Waals surface area contributed by atoms with Crippen molar-refractivity contribution in [1.82, 2.24) is 0 Å². The van der Waals surface area contributed by atoms with Crippen LogP contribution in [0, 0.1) is 16.0 Å². The van der Waals surface area contributed by atoms with Gasteiger partial charge >= 0.3 is 0 Å². The summed E-state index contributed by atoms with van der Waals surface area (Å²) in [5.41, 5.74) is 0.411. The molecule has 6 nitrogen and oxygen atoms in total. The highest BCUT2D eigenvalue weighted by molar-refractivity contribution is 5.90. The van der Waals surface area contributed by atoms with E-state index in [0.717, 1.165) is 25.7 Å². The number of non-ortho nitro benzene ring substituents is 1. The maximum Gasteiger partial charge on any atom is 0.273 e. The van der Waals surface area contributed by atoms with Gasteiger partial charge in [0.1, 0.15) is 5.75 Å². The number of nitro benzene ring substituents is 1. The lowest BCUT2D eigenvalue weighted by atomic mass is 10.0. The van der Waals surface area contributed by atoms with Gasteiger partial charge in [-0.2, -0.15) is 0 Å². The van der Waals surface area contributed by atoms with E-state index in [1.165, 1.54) is 25.1 Å². The number of carbonyl (C=O) groups is 1. The Kier molecular flexibility index (Phi) is 7.36. The van der Waals surface area contributed by atoms with E-state index in [1.807, 2.05) is 0 Å². The Morgan fingerprint density at radius 3 is 2.68 bits per heavy atom. The number of anilines is 1. The molecule has 0 saturated carbocycles. The van der Waals surface area contributed by atoms with Crippen LogP contribution < -0.4 is 10.1 Å². The first kappa shape index (κ1) is 17.9.